The zero-order valence-electron chi connectivity index (χ0n) is 10.5. The molecule has 16 heavy (non-hydrogen) atoms. The van der Waals surface area contributed by atoms with Gasteiger partial charge in [-0.15, -0.1) is 0 Å². The van der Waals surface area contributed by atoms with E-state index in [2.05, 4.69) is 21.9 Å². The lowest BCUT2D eigenvalue weighted by molar-refractivity contribution is -0.141. The lowest BCUT2D eigenvalue weighted by Crippen LogP contribution is -2.39. The Labute approximate surface area is 98.3 Å². The molecule has 4 nitrogen and oxygen atoms in total. The maximum atomic E-state index is 11.1. The smallest absolute Gasteiger partial charge is 0.306 e. The molecule has 1 unspecified atom stereocenters. The molecule has 94 valence electrons. The van der Waals surface area contributed by atoms with Crippen molar-refractivity contribution in [3.8, 4) is 0 Å². The normalized spacial score (nSPS) is 21.1. The molecule has 0 bridgehead atoms. The zero-order valence-corrected chi connectivity index (χ0v) is 10.5. The van der Waals surface area contributed by atoms with Gasteiger partial charge in [0.05, 0.1) is 13.5 Å². The number of nitrogens with zero attached hydrogens (tertiary/aromatic N) is 1. The summed E-state index contributed by atoms with van der Waals surface area (Å²) in [5.74, 6) is 0.631. The Balaban J connectivity index is 2.22. The van der Waals surface area contributed by atoms with Crippen molar-refractivity contribution in [1.29, 1.82) is 0 Å². The van der Waals surface area contributed by atoms with Crippen LogP contribution in [0.15, 0.2) is 0 Å². The van der Waals surface area contributed by atoms with Crippen LogP contribution in [-0.4, -0.2) is 50.7 Å². The molecule has 1 rings (SSSR count). The molecule has 1 saturated heterocycles. The van der Waals surface area contributed by atoms with Crippen LogP contribution in [-0.2, 0) is 9.53 Å². The second-order valence-corrected chi connectivity index (χ2v) is 4.43. The summed E-state index contributed by atoms with van der Waals surface area (Å²) in [5, 5.41) is 3.42. The highest BCUT2D eigenvalue weighted by Gasteiger charge is 2.16. The molecule has 0 aliphatic carbocycles. The summed E-state index contributed by atoms with van der Waals surface area (Å²) in [6, 6.07) is 0. The number of esters is 1. The van der Waals surface area contributed by atoms with Crippen LogP contribution >= 0.6 is 0 Å². The average Bonchev–Trinajstić information content (AvgIpc) is 2.35. The van der Waals surface area contributed by atoms with Gasteiger partial charge >= 0.3 is 5.97 Å². The highest BCUT2D eigenvalue weighted by Crippen LogP contribution is 2.11. The fraction of sp³-hybridized carbons (Fsp3) is 0.917. The van der Waals surface area contributed by atoms with Crippen molar-refractivity contribution in [3.05, 3.63) is 0 Å². The minimum absolute atomic E-state index is 0.111. The maximum Gasteiger partial charge on any atom is 0.306 e. The first kappa shape index (κ1) is 13.5. The number of hydrogen-bond acceptors (Lipinski definition) is 4. The van der Waals surface area contributed by atoms with Gasteiger partial charge in [0.15, 0.2) is 0 Å². The molecule has 1 fully saturated rings. The second kappa shape index (κ2) is 7.63. The Morgan fingerprint density at radius 1 is 1.56 bits per heavy atom. The summed E-state index contributed by atoms with van der Waals surface area (Å²) in [6.07, 6.45) is 3.09. The molecule has 1 aliphatic rings. The molecule has 1 heterocycles. The van der Waals surface area contributed by atoms with E-state index in [1.165, 1.54) is 20.0 Å². The van der Waals surface area contributed by atoms with E-state index in [4.69, 9.17) is 0 Å². The van der Waals surface area contributed by atoms with E-state index in [-0.39, 0.29) is 5.97 Å². The number of hydrogen-bond donors (Lipinski definition) is 1. The van der Waals surface area contributed by atoms with Crippen LogP contribution in [0.5, 0.6) is 0 Å². The molecular weight excluding hydrogens is 204 g/mol. The molecule has 0 spiro atoms. The van der Waals surface area contributed by atoms with E-state index in [1.54, 1.807) is 0 Å². The minimum Gasteiger partial charge on any atom is -0.469 e. The van der Waals surface area contributed by atoms with E-state index in [0.29, 0.717) is 6.42 Å². The second-order valence-electron chi connectivity index (χ2n) is 4.43. The quantitative estimate of drug-likeness (QED) is 0.685. The fourth-order valence-corrected chi connectivity index (χ4v) is 2.17. The molecule has 0 radical (unpaired) electrons. The van der Waals surface area contributed by atoms with Crippen LogP contribution in [0.2, 0.25) is 0 Å². The topological polar surface area (TPSA) is 41.6 Å². The van der Waals surface area contributed by atoms with Gasteiger partial charge in [-0.1, -0.05) is 6.92 Å². The Kier molecular flexibility index (Phi) is 6.42. The highest BCUT2D eigenvalue weighted by atomic mass is 16.5. The monoisotopic (exact) mass is 228 g/mol. The third kappa shape index (κ3) is 4.94. The predicted octanol–water partition coefficient (Wildman–Crippen LogP) is 0.871. The SMILES string of the molecule is CCN(CCC(=O)OC)CC1CCCNC1. The van der Waals surface area contributed by atoms with Crippen molar-refractivity contribution in [2.24, 2.45) is 5.92 Å². The number of carbonyl (C=O) groups excluding carboxylic acids is 1. The Morgan fingerprint density at radius 2 is 2.38 bits per heavy atom. The molecule has 0 aromatic carbocycles. The molecule has 1 N–H and O–H groups in total. The van der Waals surface area contributed by atoms with Crippen LogP contribution in [0.3, 0.4) is 0 Å². The van der Waals surface area contributed by atoms with Gasteiger partial charge < -0.3 is 15.0 Å². The third-order valence-corrected chi connectivity index (χ3v) is 3.22. The summed E-state index contributed by atoms with van der Waals surface area (Å²) < 4.78 is 4.66. The van der Waals surface area contributed by atoms with Gasteiger partial charge in [0.2, 0.25) is 0 Å². The standard InChI is InChI=1S/C12H24N2O2/c1-3-14(8-6-12(15)16-2)10-11-5-4-7-13-9-11/h11,13H,3-10H2,1-2H3. The predicted molar refractivity (Wildman–Crippen MR) is 64.3 cm³/mol. The summed E-state index contributed by atoms with van der Waals surface area (Å²) in [5.41, 5.74) is 0. The maximum absolute atomic E-state index is 11.1. The number of methoxy groups -OCH3 is 1. The van der Waals surface area contributed by atoms with Crippen molar-refractivity contribution >= 4 is 5.97 Å². The molecule has 0 aromatic heterocycles. The van der Waals surface area contributed by atoms with Crippen molar-refractivity contribution in [3.63, 3.8) is 0 Å². The molecular formula is C12H24N2O2. The largest absolute Gasteiger partial charge is 0.469 e. The summed E-state index contributed by atoms with van der Waals surface area (Å²) in [7, 11) is 1.45. The number of carbonyl (C=O) groups is 1. The van der Waals surface area contributed by atoms with Gasteiger partial charge in [-0.3, -0.25) is 4.79 Å². The van der Waals surface area contributed by atoms with E-state index in [9.17, 15) is 4.79 Å². The Hall–Kier alpha value is -0.610. The van der Waals surface area contributed by atoms with E-state index < -0.39 is 0 Å². The third-order valence-electron chi connectivity index (χ3n) is 3.22. The lowest BCUT2D eigenvalue weighted by atomic mass is 9.99. The van der Waals surface area contributed by atoms with Crippen LogP contribution in [0.25, 0.3) is 0 Å². The van der Waals surface area contributed by atoms with E-state index >= 15 is 0 Å². The van der Waals surface area contributed by atoms with Gasteiger partial charge in [0.1, 0.15) is 0 Å². The molecule has 1 atom stereocenters. The first-order chi connectivity index (χ1) is 7.76. The molecule has 0 aromatic rings. The van der Waals surface area contributed by atoms with Crippen molar-refractivity contribution < 1.29 is 9.53 Å². The van der Waals surface area contributed by atoms with Gasteiger partial charge in [0.25, 0.3) is 0 Å². The van der Waals surface area contributed by atoms with Crippen LogP contribution in [0.1, 0.15) is 26.2 Å². The number of rotatable bonds is 6. The van der Waals surface area contributed by atoms with Gasteiger partial charge in [-0.05, 0) is 38.4 Å². The van der Waals surface area contributed by atoms with Crippen molar-refractivity contribution in [2.45, 2.75) is 26.2 Å². The average molecular weight is 228 g/mol. The lowest BCUT2D eigenvalue weighted by Gasteiger charge is -2.29. The first-order valence-corrected chi connectivity index (χ1v) is 6.26. The zero-order chi connectivity index (χ0) is 11.8. The van der Waals surface area contributed by atoms with Crippen LogP contribution in [0, 0.1) is 5.92 Å². The Bertz CT molecular complexity index is 203. The van der Waals surface area contributed by atoms with Gasteiger partial charge in [-0.25, -0.2) is 0 Å². The molecule has 0 amide bonds. The van der Waals surface area contributed by atoms with Crippen molar-refractivity contribution in [2.75, 3.05) is 39.8 Å². The van der Waals surface area contributed by atoms with Crippen LogP contribution < -0.4 is 5.32 Å². The van der Waals surface area contributed by atoms with Crippen LogP contribution in [0.4, 0.5) is 0 Å². The Morgan fingerprint density at radius 3 is 2.94 bits per heavy atom. The van der Waals surface area contributed by atoms with Gasteiger partial charge in [-0.2, -0.15) is 0 Å². The van der Waals surface area contributed by atoms with Gasteiger partial charge in [0, 0.05) is 13.1 Å². The highest BCUT2D eigenvalue weighted by molar-refractivity contribution is 5.69. The van der Waals surface area contributed by atoms with Crippen molar-refractivity contribution in [1.82, 2.24) is 10.2 Å². The fourth-order valence-electron chi connectivity index (χ4n) is 2.17. The summed E-state index contributed by atoms with van der Waals surface area (Å²) in [4.78, 5) is 13.4. The number of piperidine rings is 1. The minimum atomic E-state index is -0.111. The first-order valence-electron chi connectivity index (χ1n) is 6.26. The summed E-state index contributed by atoms with van der Waals surface area (Å²) in [6.45, 7) is 7.35. The van der Waals surface area contributed by atoms with E-state index in [1.807, 2.05) is 0 Å². The molecule has 1 aliphatic heterocycles. The number of ether oxygens (including phenoxy) is 1. The molecule has 0 saturated carbocycles. The van der Waals surface area contributed by atoms with E-state index in [0.717, 1.165) is 38.6 Å². The molecule has 4 heteroatoms. The number of nitrogens with one attached hydrogen (secondary N) is 1. The summed E-state index contributed by atoms with van der Waals surface area (Å²) >= 11 is 0.